The third kappa shape index (κ3) is 3.66. The highest BCUT2D eigenvalue weighted by Gasteiger charge is 2.20. The first-order valence-corrected chi connectivity index (χ1v) is 7.77. The van der Waals surface area contributed by atoms with Gasteiger partial charge >= 0.3 is 0 Å². The summed E-state index contributed by atoms with van der Waals surface area (Å²) in [6, 6.07) is 7.09. The Bertz CT molecular complexity index is 433. The zero-order valence-corrected chi connectivity index (χ0v) is 13.3. The molecule has 1 aliphatic rings. The van der Waals surface area contributed by atoms with Crippen molar-refractivity contribution in [2.75, 3.05) is 31.6 Å². The Morgan fingerprint density at radius 1 is 1.40 bits per heavy atom. The fraction of sp³-hybridized carbons (Fsp3) is 0.647. The Labute approximate surface area is 123 Å². The summed E-state index contributed by atoms with van der Waals surface area (Å²) < 4.78 is 5.56. The number of rotatable bonds is 3. The molecule has 20 heavy (non-hydrogen) atoms. The van der Waals surface area contributed by atoms with Crippen molar-refractivity contribution < 1.29 is 4.74 Å². The van der Waals surface area contributed by atoms with Crippen molar-refractivity contribution in [1.82, 2.24) is 5.32 Å². The van der Waals surface area contributed by atoms with Gasteiger partial charge in [0.15, 0.2) is 0 Å². The second-order valence-electron chi connectivity index (χ2n) is 6.03. The molecule has 0 amide bonds. The smallest absolute Gasteiger partial charge is 0.142 e. The van der Waals surface area contributed by atoms with Crippen LogP contribution in [0, 0.1) is 12.8 Å². The monoisotopic (exact) mass is 276 g/mol. The molecule has 112 valence electrons. The molecule has 2 atom stereocenters. The van der Waals surface area contributed by atoms with Crippen LogP contribution in [0.2, 0.25) is 0 Å². The summed E-state index contributed by atoms with van der Waals surface area (Å²) in [6.45, 7) is 10.0. The summed E-state index contributed by atoms with van der Waals surface area (Å²) >= 11 is 0. The number of hydrogen-bond acceptors (Lipinski definition) is 3. The maximum atomic E-state index is 5.56. The first kappa shape index (κ1) is 15.2. The molecule has 0 aliphatic carbocycles. The van der Waals surface area contributed by atoms with Gasteiger partial charge in [-0.15, -0.1) is 0 Å². The highest BCUT2D eigenvalue weighted by molar-refractivity contribution is 5.60. The number of benzene rings is 1. The Morgan fingerprint density at radius 3 is 2.90 bits per heavy atom. The number of aryl methyl sites for hydroxylation is 1. The minimum absolute atomic E-state index is 0.635. The highest BCUT2D eigenvalue weighted by atomic mass is 16.5. The number of nitrogens with zero attached hydrogens (tertiary/aromatic N) is 1. The topological polar surface area (TPSA) is 24.5 Å². The largest absolute Gasteiger partial charge is 0.495 e. The molecule has 1 fully saturated rings. The summed E-state index contributed by atoms with van der Waals surface area (Å²) in [6.07, 6.45) is 2.39. The predicted octanol–water partition coefficient (Wildman–Crippen LogP) is 3.22. The van der Waals surface area contributed by atoms with E-state index in [1.807, 2.05) is 0 Å². The Kier molecular flexibility index (Phi) is 5.30. The predicted molar refractivity (Wildman–Crippen MR) is 85.8 cm³/mol. The van der Waals surface area contributed by atoms with Crippen molar-refractivity contribution in [2.24, 2.45) is 5.92 Å². The van der Waals surface area contributed by atoms with Crippen LogP contribution in [-0.2, 0) is 0 Å². The fourth-order valence-electron chi connectivity index (χ4n) is 2.93. The molecule has 0 radical (unpaired) electrons. The standard InChI is InChI=1S/C17H28N2O/c1-5-15-8-9-19(12-14(3)11-18-15)16-10-13(2)6-7-17(16)20-4/h6-7,10,14-15,18H,5,8-9,11-12H2,1-4H3. The number of hydrogen-bond donors (Lipinski definition) is 1. The normalized spacial score (nSPS) is 24.1. The summed E-state index contributed by atoms with van der Waals surface area (Å²) in [5.74, 6) is 1.64. The van der Waals surface area contributed by atoms with E-state index in [0.717, 1.165) is 25.4 Å². The third-order valence-electron chi connectivity index (χ3n) is 4.20. The molecule has 1 aromatic carbocycles. The van der Waals surface area contributed by atoms with E-state index >= 15 is 0 Å². The van der Waals surface area contributed by atoms with E-state index in [9.17, 15) is 0 Å². The molecule has 3 nitrogen and oxygen atoms in total. The highest BCUT2D eigenvalue weighted by Crippen LogP contribution is 2.30. The van der Waals surface area contributed by atoms with E-state index in [2.05, 4.69) is 49.2 Å². The molecule has 2 unspecified atom stereocenters. The number of anilines is 1. The van der Waals surface area contributed by atoms with E-state index in [4.69, 9.17) is 4.74 Å². The van der Waals surface area contributed by atoms with Crippen LogP contribution in [0.4, 0.5) is 5.69 Å². The second-order valence-corrected chi connectivity index (χ2v) is 6.03. The first-order chi connectivity index (χ1) is 9.63. The van der Waals surface area contributed by atoms with Crippen LogP contribution in [0.15, 0.2) is 18.2 Å². The van der Waals surface area contributed by atoms with Crippen molar-refractivity contribution in [3.05, 3.63) is 23.8 Å². The van der Waals surface area contributed by atoms with Crippen LogP contribution in [0.1, 0.15) is 32.3 Å². The molecule has 1 N–H and O–H groups in total. The van der Waals surface area contributed by atoms with Gasteiger partial charge in [-0.1, -0.05) is 19.9 Å². The zero-order chi connectivity index (χ0) is 14.5. The SMILES string of the molecule is CCC1CCN(c2cc(C)ccc2OC)CC(C)CN1. The van der Waals surface area contributed by atoms with Gasteiger partial charge in [-0.2, -0.15) is 0 Å². The van der Waals surface area contributed by atoms with Gasteiger partial charge in [-0.05, 0) is 49.9 Å². The molecule has 0 aromatic heterocycles. The Morgan fingerprint density at radius 2 is 2.20 bits per heavy atom. The summed E-state index contributed by atoms with van der Waals surface area (Å²) in [4.78, 5) is 2.50. The molecule has 3 heteroatoms. The summed E-state index contributed by atoms with van der Waals surface area (Å²) in [7, 11) is 1.76. The molecule has 1 heterocycles. The molecule has 1 aromatic rings. The van der Waals surface area contributed by atoms with Crippen molar-refractivity contribution in [3.8, 4) is 5.75 Å². The Hall–Kier alpha value is -1.22. The van der Waals surface area contributed by atoms with E-state index in [1.54, 1.807) is 7.11 Å². The first-order valence-electron chi connectivity index (χ1n) is 7.77. The van der Waals surface area contributed by atoms with Crippen molar-refractivity contribution in [1.29, 1.82) is 0 Å². The molecular formula is C17H28N2O. The number of methoxy groups -OCH3 is 1. The molecule has 0 bridgehead atoms. The van der Waals surface area contributed by atoms with Gasteiger partial charge in [-0.25, -0.2) is 0 Å². The molecule has 2 rings (SSSR count). The van der Waals surface area contributed by atoms with Crippen molar-refractivity contribution >= 4 is 5.69 Å². The number of nitrogens with one attached hydrogen (secondary N) is 1. The van der Waals surface area contributed by atoms with Gasteiger partial charge in [0.25, 0.3) is 0 Å². The van der Waals surface area contributed by atoms with Gasteiger partial charge in [0.2, 0.25) is 0 Å². The maximum Gasteiger partial charge on any atom is 0.142 e. The lowest BCUT2D eigenvalue weighted by Gasteiger charge is -2.34. The quantitative estimate of drug-likeness (QED) is 0.917. The van der Waals surface area contributed by atoms with Gasteiger partial charge < -0.3 is 15.0 Å². The lowest BCUT2D eigenvalue weighted by Crippen LogP contribution is -2.43. The second kappa shape index (κ2) is 6.98. The van der Waals surface area contributed by atoms with E-state index in [1.165, 1.54) is 24.1 Å². The Balaban J connectivity index is 2.22. The molecular weight excluding hydrogens is 248 g/mol. The van der Waals surface area contributed by atoms with E-state index in [-0.39, 0.29) is 0 Å². The van der Waals surface area contributed by atoms with Gasteiger partial charge in [0.05, 0.1) is 12.8 Å². The van der Waals surface area contributed by atoms with Crippen molar-refractivity contribution in [2.45, 2.75) is 39.7 Å². The van der Waals surface area contributed by atoms with E-state index < -0.39 is 0 Å². The molecule has 1 saturated heterocycles. The molecule has 0 spiro atoms. The average molecular weight is 276 g/mol. The minimum Gasteiger partial charge on any atom is -0.495 e. The van der Waals surface area contributed by atoms with Crippen LogP contribution in [0.3, 0.4) is 0 Å². The van der Waals surface area contributed by atoms with Crippen LogP contribution in [0.5, 0.6) is 5.75 Å². The van der Waals surface area contributed by atoms with Gasteiger partial charge in [0.1, 0.15) is 5.75 Å². The average Bonchev–Trinajstić information content (AvgIpc) is 2.43. The number of ether oxygens (including phenoxy) is 1. The van der Waals surface area contributed by atoms with Gasteiger partial charge in [0, 0.05) is 19.1 Å². The van der Waals surface area contributed by atoms with Gasteiger partial charge in [-0.3, -0.25) is 0 Å². The van der Waals surface area contributed by atoms with E-state index in [0.29, 0.717) is 12.0 Å². The third-order valence-corrected chi connectivity index (χ3v) is 4.20. The van der Waals surface area contributed by atoms with Crippen molar-refractivity contribution in [3.63, 3.8) is 0 Å². The lowest BCUT2D eigenvalue weighted by molar-refractivity contribution is 0.381. The summed E-state index contributed by atoms with van der Waals surface area (Å²) in [5, 5.41) is 3.68. The fourth-order valence-corrected chi connectivity index (χ4v) is 2.93. The minimum atomic E-state index is 0.635. The lowest BCUT2D eigenvalue weighted by atomic mass is 10.0. The van der Waals surface area contributed by atoms with Crippen LogP contribution in [-0.4, -0.2) is 32.8 Å². The molecule has 0 saturated carbocycles. The van der Waals surface area contributed by atoms with Crippen LogP contribution < -0.4 is 15.0 Å². The van der Waals surface area contributed by atoms with Crippen LogP contribution in [0.25, 0.3) is 0 Å². The summed E-state index contributed by atoms with van der Waals surface area (Å²) in [5.41, 5.74) is 2.54. The van der Waals surface area contributed by atoms with Crippen LogP contribution >= 0.6 is 0 Å². The zero-order valence-electron chi connectivity index (χ0n) is 13.3. The maximum absolute atomic E-state index is 5.56. The molecule has 1 aliphatic heterocycles.